The summed E-state index contributed by atoms with van der Waals surface area (Å²) < 4.78 is 0. The summed E-state index contributed by atoms with van der Waals surface area (Å²) in [5.74, 6) is -0.284. The molecule has 0 spiro atoms. The number of hydrogen-bond donors (Lipinski definition) is 3. The number of nitrogens with zero attached hydrogens (tertiary/aromatic N) is 1. The normalized spacial score (nSPS) is 11.1. The van der Waals surface area contributed by atoms with Gasteiger partial charge < -0.3 is 16.0 Å². The lowest BCUT2D eigenvalue weighted by molar-refractivity contribution is -0.114. The molecule has 0 saturated heterocycles. The highest BCUT2D eigenvalue weighted by Gasteiger charge is 2.15. The first-order valence-electron chi connectivity index (χ1n) is 12.8. The Labute approximate surface area is 238 Å². The molecule has 4 aromatic rings. The Morgan fingerprint density at radius 1 is 0.825 bits per heavy atom. The average Bonchev–Trinajstić information content (AvgIpc) is 2.97. The molecule has 0 aliphatic heterocycles. The van der Waals surface area contributed by atoms with E-state index >= 15 is 0 Å². The van der Waals surface area contributed by atoms with Crippen LogP contribution >= 0.6 is 11.8 Å². The van der Waals surface area contributed by atoms with Gasteiger partial charge in [-0.3, -0.25) is 19.4 Å². The van der Waals surface area contributed by atoms with E-state index in [4.69, 9.17) is 0 Å². The summed E-state index contributed by atoms with van der Waals surface area (Å²) >= 11 is 1.40. The molecule has 7 nitrogen and oxygen atoms in total. The van der Waals surface area contributed by atoms with Gasteiger partial charge in [0, 0.05) is 34.2 Å². The third-order valence-electron chi connectivity index (χ3n) is 5.87. The van der Waals surface area contributed by atoms with E-state index in [1.807, 2.05) is 42.5 Å². The van der Waals surface area contributed by atoms with Crippen LogP contribution in [0.15, 0.2) is 114 Å². The van der Waals surface area contributed by atoms with Gasteiger partial charge in [-0.2, -0.15) is 0 Å². The topological polar surface area (TPSA) is 100 Å². The number of carbonyl (C=O) groups is 3. The van der Waals surface area contributed by atoms with Crippen molar-refractivity contribution in [3.05, 3.63) is 126 Å². The van der Waals surface area contributed by atoms with Crippen molar-refractivity contribution in [2.75, 3.05) is 16.4 Å². The second-order valence-corrected chi connectivity index (χ2v) is 10.3. The molecule has 8 heteroatoms. The molecule has 40 heavy (non-hydrogen) atoms. The van der Waals surface area contributed by atoms with E-state index in [2.05, 4.69) is 34.8 Å². The van der Waals surface area contributed by atoms with Crippen LogP contribution in [0, 0.1) is 0 Å². The number of rotatable bonds is 10. The first-order chi connectivity index (χ1) is 19.4. The van der Waals surface area contributed by atoms with Gasteiger partial charge in [0.2, 0.25) is 5.91 Å². The number of benzene rings is 3. The summed E-state index contributed by atoms with van der Waals surface area (Å²) in [6, 6.07) is 27.2. The molecule has 0 fully saturated rings. The van der Waals surface area contributed by atoms with Gasteiger partial charge in [-0.1, -0.05) is 50.2 Å². The molecule has 3 aromatic carbocycles. The van der Waals surface area contributed by atoms with Crippen molar-refractivity contribution in [3.63, 3.8) is 0 Å². The molecule has 4 rings (SSSR count). The summed E-state index contributed by atoms with van der Waals surface area (Å²) in [5.41, 5.74) is 3.72. The highest BCUT2D eigenvalue weighted by molar-refractivity contribution is 8.00. The molecule has 3 N–H and O–H groups in total. The van der Waals surface area contributed by atoms with Crippen molar-refractivity contribution in [1.29, 1.82) is 0 Å². The van der Waals surface area contributed by atoms with Crippen LogP contribution in [0.3, 0.4) is 0 Å². The van der Waals surface area contributed by atoms with Crippen LogP contribution < -0.4 is 16.0 Å². The number of aromatic nitrogens is 1. The fraction of sp³-hybridized carbons (Fsp3) is 0.125. The Hall–Kier alpha value is -4.69. The maximum absolute atomic E-state index is 13.1. The molecule has 0 aliphatic rings. The van der Waals surface area contributed by atoms with Gasteiger partial charge in [0.25, 0.3) is 11.8 Å². The Bertz CT molecular complexity index is 1470. The number of hydrogen-bond acceptors (Lipinski definition) is 5. The van der Waals surface area contributed by atoms with Gasteiger partial charge in [-0.15, -0.1) is 11.8 Å². The maximum Gasteiger partial charge on any atom is 0.272 e. The predicted octanol–water partition coefficient (Wildman–Crippen LogP) is 6.35. The molecule has 1 aromatic heterocycles. The van der Waals surface area contributed by atoms with Gasteiger partial charge in [-0.25, -0.2) is 0 Å². The van der Waals surface area contributed by atoms with E-state index in [1.165, 1.54) is 17.3 Å². The minimum absolute atomic E-state index is 0.0819. The fourth-order valence-corrected chi connectivity index (χ4v) is 4.40. The van der Waals surface area contributed by atoms with E-state index in [-0.39, 0.29) is 17.4 Å². The first-order valence-corrected chi connectivity index (χ1v) is 13.8. The van der Waals surface area contributed by atoms with E-state index in [9.17, 15) is 14.4 Å². The lowest BCUT2D eigenvalue weighted by Gasteiger charge is -2.12. The SMILES string of the molecule is CC(C)c1ccc(NC(=O)CSc2ccc(NC(=O)/C(=C/c3cccnc3)NC(=O)c3ccccc3)cc2)cc1. The molecule has 202 valence electrons. The minimum atomic E-state index is -0.476. The van der Waals surface area contributed by atoms with Crippen molar-refractivity contribution in [2.24, 2.45) is 0 Å². The molecule has 0 atom stereocenters. The quantitative estimate of drug-likeness (QED) is 0.158. The van der Waals surface area contributed by atoms with Gasteiger partial charge >= 0.3 is 0 Å². The highest BCUT2D eigenvalue weighted by atomic mass is 32.2. The van der Waals surface area contributed by atoms with Crippen LogP contribution in [0.5, 0.6) is 0 Å². The van der Waals surface area contributed by atoms with Crippen LogP contribution in [0.4, 0.5) is 11.4 Å². The second-order valence-electron chi connectivity index (χ2n) is 9.26. The second kappa shape index (κ2) is 13.9. The van der Waals surface area contributed by atoms with Crippen LogP contribution in [0.25, 0.3) is 6.08 Å². The lowest BCUT2D eigenvalue weighted by atomic mass is 10.0. The predicted molar refractivity (Wildman–Crippen MR) is 161 cm³/mol. The number of amides is 3. The van der Waals surface area contributed by atoms with Gasteiger partial charge in [0.05, 0.1) is 5.75 Å². The van der Waals surface area contributed by atoms with E-state index in [0.717, 1.165) is 10.6 Å². The number of carbonyl (C=O) groups excluding carboxylic acids is 3. The first kappa shape index (κ1) is 28.3. The van der Waals surface area contributed by atoms with Crippen molar-refractivity contribution >= 4 is 46.9 Å². The third kappa shape index (κ3) is 8.41. The number of thioether (sulfide) groups is 1. The van der Waals surface area contributed by atoms with Crippen LogP contribution in [-0.2, 0) is 9.59 Å². The maximum atomic E-state index is 13.1. The monoisotopic (exact) mass is 550 g/mol. The molecule has 1 heterocycles. The number of nitrogens with one attached hydrogen (secondary N) is 3. The van der Waals surface area contributed by atoms with Crippen molar-refractivity contribution in [2.45, 2.75) is 24.7 Å². The average molecular weight is 551 g/mol. The number of anilines is 2. The zero-order valence-corrected chi connectivity index (χ0v) is 23.1. The minimum Gasteiger partial charge on any atom is -0.325 e. The fourth-order valence-electron chi connectivity index (χ4n) is 3.70. The number of pyridine rings is 1. The summed E-state index contributed by atoms with van der Waals surface area (Å²) in [6.07, 6.45) is 4.81. The molecule has 0 aliphatic carbocycles. The Morgan fingerprint density at radius 3 is 2.15 bits per heavy atom. The Kier molecular flexibility index (Phi) is 9.85. The molecule has 0 bridgehead atoms. The van der Waals surface area contributed by atoms with E-state index in [0.29, 0.717) is 22.7 Å². The molecule has 0 radical (unpaired) electrons. The van der Waals surface area contributed by atoms with E-state index in [1.54, 1.807) is 67.0 Å². The largest absolute Gasteiger partial charge is 0.325 e. The van der Waals surface area contributed by atoms with Crippen LogP contribution in [0.2, 0.25) is 0 Å². The summed E-state index contributed by atoms with van der Waals surface area (Å²) in [6.45, 7) is 4.26. The van der Waals surface area contributed by atoms with Gasteiger partial charge in [0.15, 0.2) is 0 Å². The molecule has 0 unspecified atom stereocenters. The molecule has 3 amide bonds. The van der Waals surface area contributed by atoms with Crippen molar-refractivity contribution in [1.82, 2.24) is 10.3 Å². The zero-order chi connectivity index (χ0) is 28.3. The Morgan fingerprint density at radius 2 is 1.50 bits per heavy atom. The Balaban J connectivity index is 1.36. The molecular weight excluding hydrogens is 520 g/mol. The van der Waals surface area contributed by atoms with Crippen LogP contribution in [0.1, 0.15) is 41.3 Å². The lowest BCUT2D eigenvalue weighted by Crippen LogP contribution is -2.30. The third-order valence-corrected chi connectivity index (χ3v) is 6.88. The molecule has 0 saturated carbocycles. The summed E-state index contributed by atoms with van der Waals surface area (Å²) in [5, 5.41) is 8.45. The zero-order valence-electron chi connectivity index (χ0n) is 22.3. The van der Waals surface area contributed by atoms with Crippen molar-refractivity contribution in [3.8, 4) is 0 Å². The van der Waals surface area contributed by atoms with Gasteiger partial charge in [0.1, 0.15) is 5.70 Å². The highest BCUT2D eigenvalue weighted by Crippen LogP contribution is 2.22. The van der Waals surface area contributed by atoms with Crippen LogP contribution in [-0.4, -0.2) is 28.5 Å². The van der Waals surface area contributed by atoms with Crippen molar-refractivity contribution < 1.29 is 14.4 Å². The standard InChI is InChI=1S/C32H30N4O3S/c1-22(2)24-10-12-26(13-11-24)34-30(37)21-40-28-16-14-27(15-17-28)35-32(39)29(19-23-7-6-18-33-20-23)36-31(38)25-8-4-3-5-9-25/h3-20,22H,21H2,1-2H3,(H,34,37)(H,35,39)(H,36,38)/b29-19-. The summed E-state index contributed by atoms with van der Waals surface area (Å²) in [4.78, 5) is 43.2. The summed E-state index contributed by atoms with van der Waals surface area (Å²) in [7, 11) is 0. The molecular formula is C32H30N4O3S. The van der Waals surface area contributed by atoms with Gasteiger partial charge in [-0.05, 0) is 77.7 Å². The smallest absolute Gasteiger partial charge is 0.272 e. The van der Waals surface area contributed by atoms with E-state index < -0.39 is 11.8 Å².